The zero-order valence-electron chi connectivity index (χ0n) is 20.1. The van der Waals surface area contributed by atoms with Crippen LogP contribution in [0.1, 0.15) is 44.9 Å². The van der Waals surface area contributed by atoms with Gasteiger partial charge in [0.25, 0.3) is 0 Å². The molecule has 0 spiro atoms. The van der Waals surface area contributed by atoms with Crippen LogP contribution in [-0.4, -0.2) is 26.6 Å². The molecule has 7 heteroatoms. The molecule has 5 nitrogen and oxygen atoms in total. The molecule has 2 atom stereocenters. The van der Waals surface area contributed by atoms with E-state index >= 15 is 0 Å². The third-order valence-corrected chi connectivity index (χ3v) is 6.46. The molecule has 1 aliphatic heterocycles. The molecular formula is C28H27F2N3O2. The Kier molecular flexibility index (Phi) is 5.58. The zero-order chi connectivity index (χ0) is 24.9. The lowest BCUT2D eigenvalue weighted by Crippen LogP contribution is -2.50. The average molecular weight is 476 g/mol. The summed E-state index contributed by atoms with van der Waals surface area (Å²) in [6, 6.07) is 16.1. The van der Waals surface area contributed by atoms with Crippen LogP contribution in [0.3, 0.4) is 0 Å². The number of fused-ring (bicyclic) bond motifs is 2. The van der Waals surface area contributed by atoms with Crippen molar-refractivity contribution in [2.75, 3.05) is 0 Å². The summed E-state index contributed by atoms with van der Waals surface area (Å²) >= 11 is 0. The molecule has 180 valence electrons. The highest BCUT2D eigenvalue weighted by atomic mass is 19.1. The quantitative estimate of drug-likeness (QED) is 0.354. The predicted octanol–water partition coefficient (Wildman–Crippen LogP) is 6.20. The van der Waals surface area contributed by atoms with Crippen LogP contribution < -0.4 is 4.74 Å². The molecule has 0 bridgehead atoms. The molecule has 0 unspecified atom stereocenters. The first kappa shape index (κ1) is 23.0. The van der Waals surface area contributed by atoms with Crippen molar-refractivity contribution in [3.63, 3.8) is 0 Å². The number of benzene rings is 3. The number of nitrogens with zero attached hydrogens (tertiary/aromatic N) is 3. The lowest BCUT2D eigenvalue weighted by Gasteiger charge is -2.42. The van der Waals surface area contributed by atoms with Crippen molar-refractivity contribution in [1.82, 2.24) is 14.7 Å². The highest BCUT2D eigenvalue weighted by Crippen LogP contribution is 2.38. The van der Waals surface area contributed by atoms with Gasteiger partial charge < -0.3 is 9.64 Å². The van der Waals surface area contributed by atoms with Gasteiger partial charge in [-0.15, -0.1) is 0 Å². The molecule has 3 aromatic carbocycles. The molecule has 0 aliphatic carbocycles. The number of carbonyl (C=O) groups is 1. The van der Waals surface area contributed by atoms with Crippen molar-refractivity contribution in [2.24, 2.45) is 5.41 Å². The maximum absolute atomic E-state index is 14.2. The van der Waals surface area contributed by atoms with Gasteiger partial charge in [-0.2, -0.15) is 5.10 Å². The van der Waals surface area contributed by atoms with Crippen LogP contribution in [0.25, 0.3) is 16.6 Å². The highest BCUT2D eigenvalue weighted by Gasteiger charge is 2.40. The topological polar surface area (TPSA) is 47.4 Å². The smallest absolute Gasteiger partial charge is 0.228 e. The lowest BCUT2D eigenvalue weighted by molar-refractivity contribution is -0.145. The van der Waals surface area contributed by atoms with E-state index in [1.165, 1.54) is 24.3 Å². The van der Waals surface area contributed by atoms with E-state index < -0.39 is 11.5 Å². The SMILES string of the molecule is C[C@H]1[C@H](Oc2ccc3c(cnn3-c3ccc(F)cc3)c2)c2cc(F)ccc2CN1C(=O)C(C)(C)C. The normalized spacial score (nSPS) is 17.9. The molecule has 0 saturated carbocycles. The standard InChI is InChI=1S/C28H27F2N3O2/c1-17-26(24-14-21(30)6-5-18(24)16-32(17)27(34)28(2,3)4)35-23-11-12-25-19(13-23)15-31-33(25)22-9-7-20(29)8-10-22/h5-15,17,26H,16H2,1-4H3/t17-,26-/m0/s1. The van der Waals surface area contributed by atoms with Crippen molar-refractivity contribution in [3.05, 3.63) is 89.6 Å². The molecule has 35 heavy (non-hydrogen) atoms. The van der Waals surface area contributed by atoms with Crippen molar-refractivity contribution in [1.29, 1.82) is 0 Å². The van der Waals surface area contributed by atoms with Gasteiger partial charge in [-0.25, -0.2) is 13.5 Å². The highest BCUT2D eigenvalue weighted by molar-refractivity contribution is 5.83. The van der Waals surface area contributed by atoms with Gasteiger partial charge in [0.1, 0.15) is 23.5 Å². The van der Waals surface area contributed by atoms with E-state index in [-0.39, 0.29) is 23.6 Å². The van der Waals surface area contributed by atoms with Gasteiger partial charge in [-0.3, -0.25) is 4.79 Å². The Bertz CT molecular complexity index is 1410. The Labute approximate surface area is 202 Å². The molecule has 0 radical (unpaired) electrons. The van der Waals surface area contributed by atoms with Crippen LogP contribution in [0.4, 0.5) is 8.78 Å². The first-order chi connectivity index (χ1) is 16.6. The Morgan fingerprint density at radius 1 is 1.00 bits per heavy atom. The Hall–Kier alpha value is -3.74. The summed E-state index contributed by atoms with van der Waals surface area (Å²) in [6.45, 7) is 8.03. The van der Waals surface area contributed by atoms with E-state index in [1.807, 2.05) is 50.8 Å². The molecule has 1 aliphatic rings. The van der Waals surface area contributed by atoms with Gasteiger partial charge in [0, 0.05) is 22.9 Å². The van der Waals surface area contributed by atoms with Crippen LogP contribution in [0, 0.1) is 17.0 Å². The number of rotatable bonds is 3. The summed E-state index contributed by atoms with van der Waals surface area (Å²) in [7, 11) is 0. The monoisotopic (exact) mass is 475 g/mol. The third kappa shape index (κ3) is 4.27. The summed E-state index contributed by atoms with van der Waals surface area (Å²) in [5.41, 5.74) is 2.66. The first-order valence-electron chi connectivity index (χ1n) is 11.6. The molecule has 4 aromatic rings. The van der Waals surface area contributed by atoms with Gasteiger partial charge in [-0.1, -0.05) is 26.8 Å². The number of hydrogen-bond donors (Lipinski definition) is 0. The Morgan fingerprint density at radius 3 is 2.43 bits per heavy atom. The van der Waals surface area contributed by atoms with Crippen LogP contribution in [0.5, 0.6) is 5.75 Å². The average Bonchev–Trinajstić information content (AvgIpc) is 3.23. The van der Waals surface area contributed by atoms with Crippen LogP contribution in [-0.2, 0) is 11.3 Å². The minimum atomic E-state index is -0.551. The molecule has 1 amide bonds. The maximum atomic E-state index is 14.2. The molecule has 0 saturated heterocycles. The maximum Gasteiger partial charge on any atom is 0.228 e. The van der Waals surface area contributed by atoms with Crippen LogP contribution in [0.2, 0.25) is 0 Å². The molecule has 1 aromatic heterocycles. The minimum absolute atomic E-state index is 0.0181. The van der Waals surface area contributed by atoms with E-state index in [9.17, 15) is 13.6 Å². The molecule has 0 N–H and O–H groups in total. The van der Waals surface area contributed by atoms with E-state index in [4.69, 9.17) is 4.74 Å². The molecular weight excluding hydrogens is 448 g/mol. The zero-order valence-corrected chi connectivity index (χ0v) is 20.1. The largest absolute Gasteiger partial charge is 0.484 e. The Balaban J connectivity index is 1.50. The molecule has 2 heterocycles. The summed E-state index contributed by atoms with van der Waals surface area (Å²) in [6.07, 6.45) is 1.18. The number of amides is 1. The van der Waals surface area contributed by atoms with Crippen molar-refractivity contribution in [2.45, 2.75) is 46.4 Å². The van der Waals surface area contributed by atoms with Crippen molar-refractivity contribution in [3.8, 4) is 11.4 Å². The second-order valence-electron chi connectivity index (χ2n) is 10.1. The summed E-state index contributed by atoms with van der Waals surface area (Å²) in [5.74, 6) is -0.0349. The number of ether oxygens (including phenoxy) is 1. The number of aromatic nitrogens is 2. The lowest BCUT2D eigenvalue weighted by atomic mass is 9.87. The fraction of sp³-hybridized carbons (Fsp3) is 0.286. The van der Waals surface area contributed by atoms with Gasteiger partial charge >= 0.3 is 0 Å². The van der Waals surface area contributed by atoms with Gasteiger partial charge in [0.05, 0.1) is 23.4 Å². The van der Waals surface area contributed by atoms with Gasteiger partial charge in [-0.05, 0) is 67.1 Å². The van der Waals surface area contributed by atoms with Crippen LogP contribution >= 0.6 is 0 Å². The number of halogens is 2. The van der Waals surface area contributed by atoms with Gasteiger partial charge in [0.2, 0.25) is 5.91 Å². The summed E-state index contributed by atoms with van der Waals surface area (Å²) in [4.78, 5) is 15.0. The number of hydrogen-bond acceptors (Lipinski definition) is 3. The van der Waals surface area contributed by atoms with E-state index in [0.29, 0.717) is 12.3 Å². The van der Waals surface area contributed by atoms with Gasteiger partial charge in [0.15, 0.2) is 0 Å². The summed E-state index contributed by atoms with van der Waals surface area (Å²) < 4.78 is 35.7. The Morgan fingerprint density at radius 2 is 1.71 bits per heavy atom. The number of carbonyl (C=O) groups excluding carboxylic acids is 1. The van der Waals surface area contributed by atoms with Crippen LogP contribution in [0.15, 0.2) is 66.9 Å². The second kappa shape index (κ2) is 8.48. The molecule has 0 fully saturated rings. The summed E-state index contributed by atoms with van der Waals surface area (Å²) in [5, 5.41) is 5.29. The fourth-order valence-electron chi connectivity index (χ4n) is 4.59. The molecule has 5 rings (SSSR count). The van der Waals surface area contributed by atoms with Crippen molar-refractivity contribution < 1.29 is 18.3 Å². The van der Waals surface area contributed by atoms with Crippen molar-refractivity contribution >= 4 is 16.8 Å². The van der Waals surface area contributed by atoms with E-state index in [1.54, 1.807) is 29.1 Å². The van der Waals surface area contributed by atoms with E-state index in [0.717, 1.165) is 27.7 Å². The fourth-order valence-corrected chi connectivity index (χ4v) is 4.59. The minimum Gasteiger partial charge on any atom is -0.484 e. The second-order valence-corrected chi connectivity index (χ2v) is 10.1. The first-order valence-corrected chi connectivity index (χ1v) is 11.6. The van der Waals surface area contributed by atoms with E-state index in [2.05, 4.69) is 5.10 Å². The predicted molar refractivity (Wildman–Crippen MR) is 130 cm³/mol. The third-order valence-electron chi connectivity index (χ3n) is 6.46.